The van der Waals surface area contributed by atoms with Crippen molar-refractivity contribution in [2.45, 2.75) is 26.4 Å². The monoisotopic (exact) mass is 246 g/mol. The zero-order chi connectivity index (χ0) is 12.9. The van der Waals surface area contributed by atoms with Crippen LogP contribution in [0.1, 0.15) is 20.8 Å². The molecule has 0 rings (SSSR count). The van der Waals surface area contributed by atoms with E-state index in [2.05, 4.69) is 17.9 Å². The SMILES string of the molecule is CN(C(=N)S)C(=N)CNC(=O)OC(C)(C)C. The molecule has 0 aliphatic carbocycles. The number of carbonyl (C=O) groups is 1. The molecular formula is C9H18N4O2S. The summed E-state index contributed by atoms with van der Waals surface area (Å²) >= 11 is 3.77. The number of likely N-dealkylation sites (N-methyl/N-ethyl adjacent to an activating group) is 1. The van der Waals surface area contributed by atoms with Crippen molar-refractivity contribution in [3.05, 3.63) is 0 Å². The number of alkyl carbamates (subject to hydrolysis) is 1. The average Bonchev–Trinajstić information content (AvgIpc) is 2.09. The normalized spacial score (nSPS) is 10.6. The number of thiol groups is 1. The molecule has 0 aromatic carbocycles. The topological polar surface area (TPSA) is 89.3 Å². The summed E-state index contributed by atoms with van der Waals surface area (Å²) < 4.78 is 4.99. The van der Waals surface area contributed by atoms with Gasteiger partial charge < -0.3 is 15.0 Å². The molecule has 6 nitrogen and oxygen atoms in total. The minimum absolute atomic E-state index is 0.00560. The Morgan fingerprint density at radius 2 is 1.94 bits per heavy atom. The molecule has 0 fully saturated rings. The second kappa shape index (κ2) is 5.74. The fourth-order valence-electron chi connectivity index (χ4n) is 0.716. The smallest absolute Gasteiger partial charge is 0.408 e. The molecule has 0 aliphatic rings. The van der Waals surface area contributed by atoms with E-state index in [1.54, 1.807) is 20.8 Å². The van der Waals surface area contributed by atoms with Gasteiger partial charge in [0.15, 0.2) is 5.17 Å². The molecule has 0 bridgehead atoms. The molecular weight excluding hydrogens is 228 g/mol. The molecule has 0 saturated carbocycles. The molecule has 3 N–H and O–H groups in total. The Morgan fingerprint density at radius 1 is 1.44 bits per heavy atom. The molecule has 0 spiro atoms. The number of hydrogen-bond donors (Lipinski definition) is 4. The quantitative estimate of drug-likeness (QED) is 0.336. The minimum atomic E-state index is -0.587. The maximum Gasteiger partial charge on any atom is 0.408 e. The molecule has 0 atom stereocenters. The van der Waals surface area contributed by atoms with E-state index in [-0.39, 0.29) is 17.5 Å². The summed E-state index contributed by atoms with van der Waals surface area (Å²) in [7, 11) is 1.52. The van der Waals surface area contributed by atoms with Gasteiger partial charge in [-0.2, -0.15) is 0 Å². The summed E-state index contributed by atoms with van der Waals surface area (Å²) in [6, 6.07) is 0. The predicted octanol–water partition coefficient (Wildman–Crippen LogP) is 1.28. The van der Waals surface area contributed by atoms with Gasteiger partial charge >= 0.3 is 6.09 Å². The molecule has 16 heavy (non-hydrogen) atoms. The lowest BCUT2D eigenvalue weighted by Crippen LogP contribution is -2.41. The van der Waals surface area contributed by atoms with E-state index in [0.717, 1.165) is 0 Å². The molecule has 0 aliphatic heterocycles. The van der Waals surface area contributed by atoms with E-state index < -0.39 is 11.7 Å². The minimum Gasteiger partial charge on any atom is -0.444 e. The number of carbonyl (C=O) groups excluding carboxylic acids is 1. The standard InChI is InChI=1S/C9H18N4O2S/c1-9(2,3)15-8(14)12-5-6(10)13(4)7(11)16/h10H,5H2,1-4H3,(H2,11,16)(H,12,14). The summed E-state index contributed by atoms with van der Waals surface area (Å²) in [4.78, 5) is 12.5. The third kappa shape index (κ3) is 6.28. The Morgan fingerprint density at radius 3 is 2.31 bits per heavy atom. The van der Waals surface area contributed by atoms with Crippen molar-refractivity contribution in [1.82, 2.24) is 10.2 Å². The summed E-state index contributed by atoms with van der Waals surface area (Å²) in [5, 5.41) is 17.0. The number of amides is 1. The van der Waals surface area contributed by atoms with Gasteiger partial charge in [0.1, 0.15) is 11.4 Å². The number of nitrogens with zero attached hydrogens (tertiary/aromatic N) is 1. The van der Waals surface area contributed by atoms with Gasteiger partial charge in [-0.3, -0.25) is 10.8 Å². The first-order valence-electron chi connectivity index (χ1n) is 4.69. The molecule has 0 radical (unpaired) electrons. The number of hydrogen-bond acceptors (Lipinski definition) is 4. The van der Waals surface area contributed by atoms with Gasteiger partial charge in [0, 0.05) is 7.05 Å². The van der Waals surface area contributed by atoms with Crippen LogP contribution in [0.15, 0.2) is 0 Å². The highest BCUT2D eigenvalue weighted by atomic mass is 32.1. The van der Waals surface area contributed by atoms with Crippen molar-refractivity contribution < 1.29 is 9.53 Å². The zero-order valence-corrected chi connectivity index (χ0v) is 10.8. The number of rotatable bonds is 2. The van der Waals surface area contributed by atoms with Gasteiger partial charge in [-0.25, -0.2) is 4.79 Å². The van der Waals surface area contributed by atoms with E-state index in [1.807, 2.05) is 0 Å². The van der Waals surface area contributed by atoms with Crippen molar-refractivity contribution in [2.24, 2.45) is 0 Å². The van der Waals surface area contributed by atoms with Gasteiger partial charge in [0.2, 0.25) is 0 Å². The Labute approximate surface area is 101 Å². The van der Waals surface area contributed by atoms with Crippen LogP contribution in [-0.4, -0.2) is 41.2 Å². The average molecular weight is 246 g/mol. The van der Waals surface area contributed by atoms with Crippen LogP contribution in [0.3, 0.4) is 0 Å². The van der Waals surface area contributed by atoms with Crippen LogP contribution < -0.4 is 5.32 Å². The van der Waals surface area contributed by atoms with Crippen molar-refractivity contribution in [3.8, 4) is 0 Å². The van der Waals surface area contributed by atoms with Crippen molar-refractivity contribution in [3.63, 3.8) is 0 Å². The maximum atomic E-state index is 11.2. The molecule has 0 aromatic rings. The third-order valence-electron chi connectivity index (χ3n) is 1.52. The predicted molar refractivity (Wildman–Crippen MR) is 66.4 cm³/mol. The first-order chi connectivity index (χ1) is 7.13. The van der Waals surface area contributed by atoms with Gasteiger partial charge in [-0.15, -0.1) is 12.6 Å². The van der Waals surface area contributed by atoms with Crippen LogP contribution in [0.2, 0.25) is 0 Å². The molecule has 0 heterocycles. The van der Waals surface area contributed by atoms with Crippen LogP contribution in [0, 0.1) is 10.8 Å². The van der Waals surface area contributed by atoms with Crippen molar-refractivity contribution in [1.29, 1.82) is 10.8 Å². The van der Waals surface area contributed by atoms with E-state index >= 15 is 0 Å². The Balaban J connectivity index is 4.03. The molecule has 0 unspecified atom stereocenters. The Kier molecular flexibility index (Phi) is 5.29. The summed E-state index contributed by atoms with van der Waals surface area (Å²) in [6.07, 6.45) is -0.587. The van der Waals surface area contributed by atoms with Crippen molar-refractivity contribution >= 4 is 29.7 Å². The first-order valence-corrected chi connectivity index (χ1v) is 5.13. The van der Waals surface area contributed by atoms with Crippen LogP contribution in [0.25, 0.3) is 0 Å². The summed E-state index contributed by atoms with van der Waals surface area (Å²) in [5.74, 6) is 0.0610. The highest BCUT2D eigenvalue weighted by Crippen LogP contribution is 2.06. The highest BCUT2D eigenvalue weighted by molar-refractivity contribution is 7.96. The third-order valence-corrected chi connectivity index (χ3v) is 1.82. The van der Waals surface area contributed by atoms with Crippen LogP contribution in [0.5, 0.6) is 0 Å². The second-order valence-electron chi connectivity index (χ2n) is 4.18. The summed E-state index contributed by atoms with van der Waals surface area (Å²) in [6.45, 7) is 5.27. The van der Waals surface area contributed by atoms with Crippen LogP contribution in [-0.2, 0) is 4.74 Å². The molecule has 0 aromatic heterocycles. The van der Waals surface area contributed by atoms with Crippen molar-refractivity contribution in [2.75, 3.05) is 13.6 Å². The Bertz CT molecular complexity index is 298. The van der Waals surface area contributed by atoms with E-state index in [9.17, 15) is 4.79 Å². The lowest BCUT2D eigenvalue weighted by Gasteiger charge is -2.21. The van der Waals surface area contributed by atoms with E-state index in [4.69, 9.17) is 15.6 Å². The Hall–Kier alpha value is -1.24. The van der Waals surface area contributed by atoms with Crippen LogP contribution in [0.4, 0.5) is 4.79 Å². The fraction of sp³-hybridized carbons (Fsp3) is 0.667. The van der Waals surface area contributed by atoms with Gasteiger partial charge in [0.25, 0.3) is 0 Å². The number of amidine groups is 2. The van der Waals surface area contributed by atoms with E-state index in [0.29, 0.717) is 0 Å². The largest absolute Gasteiger partial charge is 0.444 e. The molecule has 1 amide bonds. The van der Waals surface area contributed by atoms with Gasteiger partial charge in [-0.1, -0.05) is 0 Å². The molecule has 0 saturated heterocycles. The van der Waals surface area contributed by atoms with Gasteiger partial charge in [-0.05, 0) is 20.8 Å². The first kappa shape index (κ1) is 14.8. The maximum absolute atomic E-state index is 11.2. The van der Waals surface area contributed by atoms with Crippen LogP contribution >= 0.6 is 12.6 Å². The summed E-state index contributed by atoms with van der Waals surface area (Å²) in [5.41, 5.74) is -0.561. The number of ether oxygens (including phenoxy) is 1. The zero-order valence-electron chi connectivity index (χ0n) is 9.92. The van der Waals surface area contributed by atoms with E-state index in [1.165, 1.54) is 11.9 Å². The molecule has 7 heteroatoms. The van der Waals surface area contributed by atoms with Gasteiger partial charge in [0.05, 0.1) is 6.54 Å². The lowest BCUT2D eigenvalue weighted by molar-refractivity contribution is 0.0535. The molecule has 92 valence electrons. The number of nitrogens with one attached hydrogen (secondary N) is 3. The fourth-order valence-corrected chi connectivity index (χ4v) is 0.837. The highest BCUT2D eigenvalue weighted by Gasteiger charge is 2.16. The second-order valence-corrected chi connectivity index (χ2v) is 4.61. The lowest BCUT2D eigenvalue weighted by atomic mass is 10.2.